The Kier molecular flexibility index (Phi) is 5.88. The zero-order valence-corrected chi connectivity index (χ0v) is 17.1. The minimum absolute atomic E-state index is 0.276. The number of amides is 2. The van der Waals surface area contributed by atoms with Gasteiger partial charge in [0.05, 0.1) is 11.6 Å². The highest BCUT2D eigenvalue weighted by Crippen LogP contribution is 2.47. The Hall–Kier alpha value is -3.33. The van der Waals surface area contributed by atoms with E-state index in [4.69, 9.17) is 5.26 Å². The zero-order valence-electron chi connectivity index (χ0n) is 17.1. The number of benzene rings is 2. The molecule has 2 aromatic carbocycles. The Morgan fingerprint density at radius 2 is 1.66 bits per heavy atom. The third kappa shape index (κ3) is 4.24. The maximum absolute atomic E-state index is 12.9. The van der Waals surface area contributed by atoms with Crippen molar-refractivity contribution < 1.29 is 9.59 Å². The van der Waals surface area contributed by atoms with E-state index < -0.39 is 5.41 Å². The van der Waals surface area contributed by atoms with Crippen molar-refractivity contribution in [2.45, 2.75) is 33.6 Å². The average molecular weight is 390 g/mol. The lowest BCUT2D eigenvalue weighted by Crippen LogP contribution is -2.35. The van der Waals surface area contributed by atoms with Crippen LogP contribution in [0.2, 0.25) is 0 Å². The molecule has 3 rings (SSSR count). The summed E-state index contributed by atoms with van der Waals surface area (Å²) in [5.74, 6) is -0.584. The molecule has 1 aliphatic carbocycles. The first-order chi connectivity index (χ1) is 13.9. The number of rotatable bonds is 7. The number of nitriles is 1. The molecule has 1 aliphatic rings. The van der Waals surface area contributed by atoms with Gasteiger partial charge < -0.3 is 15.5 Å². The topological polar surface area (TPSA) is 85.2 Å². The van der Waals surface area contributed by atoms with Crippen LogP contribution in [0.5, 0.6) is 0 Å². The largest absolute Gasteiger partial charge is 0.372 e. The van der Waals surface area contributed by atoms with Crippen molar-refractivity contribution in [1.29, 1.82) is 5.26 Å². The minimum atomic E-state index is -1.03. The summed E-state index contributed by atoms with van der Waals surface area (Å²) in [5, 5.41) is 14.6. The van der Waals surface area contributed by atoms with Gasteiger partial charge in [0.1, 0.15) is 5.41 Å². The summed E-state index contributed by atoms with van der Waals surface area (Å²) in [6.07, 6.45) is 1.05. The van der Waals surface area contributed by atoms with Crippen LogP contribution in [0.25, 0.3) is 0 Å². The van der Waals surface area contributed by atoms with Gasteiger partial charge in [-0.15, -0.1) is 0 Å². The molecular formula is C23H26N4O2. The second-order valence-electron chi connectivity index (χ2n) is 7.35. The zero-order chi connectivity index (χ0) is 21.0. The van der Waals surface area contributed by atoms with Crippen LogP contribution in [-0.4, -0.2) is 24.9 Å². The smallest absolute Gasteiger partial charge is 0.240 e. The molecule has 2 amide bonds. The van der Waals surface area contributed by atoms with E-state index in [1.54, 1.807) is 24.3 Å². The second-order valence-corrected chi connectivity index (χ2v) is 7.35. The molecular weight excluding hydrogens is 364 g/mol. The molecule has 0 heterocycles. The van der Waals surface area contributed by atoms with Gasteiger partial charge >= 0.3 is 0 Å². The van der Waals surface area contributed by atoms with Crippen LogP contribution >= 0.6 is 0 Å². The SMILES string of the molecule is CCN(CC)c1ccc(NC(=O)C2(C(=O)Nc3ccc(C#N)cc3)CC2)c(C)c1. The Bertz CT molecular complexity index is 952. The Balaban J connectivity index is 1.69. The van der Waals surface area contributed by atoms with E-state index in [1.165, 1.54) is 0 Å². The first-order valence-corrected chi connectivity index (χ1v) is 9.92. The maximum atomic E-state index is 12.9. The van der Waals surface area contributed by atoms with Gasteiger partial charge in [-0.2, -0.15) is 5.26 Å². The third-order valence-corrected chi connectivity index (χ3v) is 5.48. The molecule has 0 saturated heterocycles. The summed E-state index contributed by atoms with van der Waals surface area (Å²) in [6.45, 7) is 8.01. The molecule has 0 unspecified atom stereocenters. The van der Waals surface area contributed by atoms with Crippen molar-refractivity contribution in [3.63, 3.8) is 0 Å². The van der Waals surface area contributed by atoms with Crippen molar-refractivity contribution >= 4 is 28.9 Å². The quantitative estimate of drug-likeness (QED) is 0.698. The number of hydrogen-bond acceptors (Lipinski definition) is 4. The summed E-state index contributed by atoms with van der Waals surface area (Å²) >= 11 is 0. The van der Waals surface area contributed by atoms with Crippen LogP contribution in [-0.2, 0) is 9.59 Å². The maximum Gasteiger partial charge on any atom is 0.240 e. The average Bonchev–Trinajstić information content (AvgIpc) is 3.53. The van der Waals surface area contributed by atoms with Crippen molar-refractivity contribution in [3.8, 4) is 6.07 Å². The van der Waals surface area contributed by atoms with Gasteiger partial charge in [-0.3, -0.25) is 9.59 Å². The Morgan fingerprint density at radius 1 is 1.03 bits per heavy atom. The number of aryl methyl sites for hydroxylation is 1. The van der Waals surface area contributed by atoms with Crippen LogP contribution in [0.1, 0.15) is 37.8 Å². The third-order valence-electron chi connectivity index (χ3n) is 5.48. The first kappa shape index (κ1) is 20.4. The van der Waals surface area contributed by atoms with Gasteiger partial charge in [-0.05, 0) is 81.6 Å². The van der Waals surface area contributed by atoms with E-state index in [1.807, 2.05) is 25.1 Å². The Morgan fingerprint density at radius 3 is 2.17 bits per heavy atom. The normalized spacial score (nSPS) is 13.9. The van der Waals surface area contributed by atoms with Crippen molar-refractivity contribution in [2.24, 2.45) is 5.41 Å². The summed E-state index contributed by atoms with van der Waals surface area (Å²) in [4.78, 5) is 27.9. The van der Waals surface area contributed by atoms with Gasteiger partial charge in [0.2, 0.25) is 11.8 Å². The van der Waals surface area contributed by atoms with Crippen LogP contribution in [0.15, 0.2) is 42.5 Å². The van der Waals surface area contributed by atoms with E-state index in [0.717, 1.165) is 30.0 Å². The van der Waals surface area contributed by atoms with Gasteiger partial charge in [-0.1, -0.05) is 0 Å². The molecule has 0 aliphatic heterocycles. The van der Waals surface area contributed by atoms with Gasteiger partial charge in [0, 0.05) is 30.2 Å². The monoisotopic (exact) mass is 390 g/mol. The van der Waals surface area contributed by atoms with E-state index in [9.17, 15) is 9.59 Å². The number of nitrogens with one attached hydrogen (secondary N) is 2. The molecule has 0 aromatic heterocycles. The number of anilines is 3. The minimum Gasteiger partial charge on any atom is -0.372 e. The molecule has 2 N–H and O–H groups in total. The van der Waals surface area contributed by atoms with E-state index >= 15 is 0 Å². The molecule has 0 radical (unpaired) electrons. The highest BCUT2D eigenvalue weighted by atomic mass is 16.2. The lowest BCUT2D eigenvalue weighted by molar-refractivity contribution is -0.131. The lowest BCUT2D eigenvalue weighted by atomic mass is 10.0. The van der Waals surface area contributed by atoms with Crippen molar-refractivity contribution in [2.75, 3.05) is 28.6 Å². The first-order valence-electron chi connectivity index (χ1n) is 9.92. The van der Waals surface area contributed by atoms with Crippen molar-refractivity contribution in [3.05, 3.63) is 53.6 Å². The van der Waals surface area contributed by atoms with E-state index in [2.05, 4.69) is 35.4 Å². The number of nitrogens with zero attached hydrogens (tertiary/aromatic N) is 2. The van der Waals surface area contributed by atoms with Gasteiger partial charge in [0.15, 0.2) is 0 Å². The molecule has 0 bridgehead atoms. The van der Waals surface area contributed by atoms with Crippen LogP contribution in [0.3, 0.4) is 0 Å². The number of hydrogen-bond donors (Lipinski definition) is 2. The highest BCUT2D eigenvalue weighted by Gasteiger charge is 2.56. The molecule has 0 spiro atoms. The van der Waals surface area contributed by atoms with Gasteiger partial charge in [0.25, 0.3) is 0 Å². The fraction of sp³-hybridized carbons (Fsp3) is 0.348. The van der Waals surface area contributed by atoms with Crippen LogP contribution < -0.4 is 15.5 Å². The summed E-state index contributed by atoms with van der Waals surface area (Å²) in [7, 11) is 0. The lowest BCUT2D eigenvalue weighted by Gasteiger charge is -2.22. The van der Waals surface area contributed by atoms with Gasteiger partial charge in [-0.25, -0.2) is 0 Å². The van der Waals surface area contributed by atoms with Crippen LogP contribution in [0.4, 0.5) is 17.1 Å². The molecule has 1 saturated carbocycles. The summed E-state index contributed by atoms with van der Waals surface area (Å²) in [5.41, 5.74) is 2.87. The molecule has 6 heteroatoms. The molecule has 150 valence electrons. The standard InChI is InChI=1S/C23H26N4O2/c1-4-27(5-2)19-10-11-20(16(3)14-19)26-22(29)23(12-13-23)21(28)25-18-8-6-17(15-24)7-9-18/h6-11,14H,4-5,12-13H2,1-3H3,(H,25,28)(H,26,29). The molecule has 1 fully saturated rings. The predicted molar refractivity (Wildman–Crippen MR) is 115 cm³/mol. The van der Waals surface area contributed by atoms with Crippen LogP contribution in [0, 0.1) is 23.7 Å². The fourth-order valence-corrected chi connectivity index (χ4v) is 3.38. The van der Waals surface area contributed by atoms with E-state index in [0.29, 0.717) is 24.1 Å². The highest BCUT2D eigenvalue weighted by molar-refractivity contribution is 6.17. The predicted octanol–water partition coefficient (Wildman–Crippen LogP) is 4.07. The fourth-order valence-electron chi connectivity index (χ4n) is 3.38. The second kappa shape index (κ2) is 8.36. The summed E-state index contributed by atoms with van der Waals surface area (Å²) < 4.78 is 0. The number of carbonyl (C=O) groups excluding carboxylic acids is 2. The molecule has 2 aromatic rings. The summed E-state index contributed by atoms with van der Waals surface area (Å²) in [6, 6.07) is 14.6. The Labute approximate surface area is 171 Å². The molecule has 6 nitrogen and oxygen atoms in total. The van der Waals surface area contributed by atoms with E-state index in [-0.39, 0.29) is 11.8 Å². The van der Waals surface area contributed by atoms with Crippen molar-refractivity contribution in [1.82, 2.24) is 0 Å². The molecule has 0 atom stereocenters. The molecule has 29 heavy (non-hydrogen) atoms. The number of carbonyl (C=O) groups is 2.